The highest BCUT2D eigenvalue weighted by atomic mass is 16.6. The molecule has 1 aromatic heterocycles. The van der Waals surface area contributed by atoms with Crippen molar-refractivity contribution >= 4 is 17.4 Å². The van der Waals surface area contributed by atoms with Gasteiger partial charge in [0.15, 0.2) is 5.78 Å². The van der Waals surface area contributed by atoms with Gasteiger partial charge in [0.1, 0.15) is 11.4 Å². The second kappa shape index (κ2) is 9.42. The van der Waals surface area contributed by atoms with Crippen LogP contribution in [0.4, 0.5) is 5.69 Å². The second-order valence-corrected chi connectivity index (χ2v) is 9.57. The van der Waals surface area contributed by atoms with Gasteiger partial charge in [0.05, 0.1) is 22.8 Å². The van der Waals surface area contributed by atoms with Gasteiger partial charge in [-0.3, -0.25) is 19.7 Å². The minimum atomic E-state index is -0.521. The van der Waals surface area contributed by atoms with Crippen molar-refractivity contribution in [2.24, 2.45) is 5.41 Å². The van der Waals surface area contributed by atoms with E-state index in [2.05, 4.69) is 0 Å². The van der Waals surface area contributed by atoms with Gasteiger partial charge in [-0.25, -0.2) is 4.68 Å². The number of hydrogen-bond acceptors (Lipinski definition) is 6. The number of nitro benzene ring substituents is 1. The first kappa shape index (κ1) is 24.3. The van der Waals surface area contributed by atoms with E-state index in [1.807, 2.05) is 44.2 Å². The Kier molecular flexibility index (Phi) is 6.53. The van der Waals surface area contributed by atoms with Crippen molar-refractivity contribution in [2.75, 3.05) is 27.3 Å². The zero-order chi connectivity index (χ0) is 25.3. The number of carbonyl (C=O) groups is 2. The molecular weight excluding hydrogens is 448 g/mol. The predicted molar refractivity (Wildman–Crippen MR) is 131 cm³/mol. The summed E-state index contributed by atoms with van der Waals surface area (Å²) in [5.41, 5.74) is 2.27. The molecule has 1 aliphatic carbocycles. The number of carbonyl (C=O) groups excluding carboxylic acids is 2. The van der Waals surface area contributed by atoms with E-state index in [0.717, 1.165) is 5.56 Å². The van der Waals surface area contributed by atoms with Crippen LogP contribution in [-0.4, -0.2) is 58.6 Å². The molecule has 1 amide bonds. The molecular formula is C26H28N4O5. The fourth-order valence-electron chi connectivity index (χ4n) is 4.48. The number of fused-ring (bicyclic) bond motifs is 1. The first-order chi connectivity index (χ1) is 16.6. The van der Waals surface area contributed by atoms with Crippen molar-refractivity contribution in [3.05, 3.63) is 75.5 Å². The highest BCUT2D eigenvalue weighted by Crippen LogP contribution is 2.41. The highest BCUT2D eigenvalue weighted by molar-refractivity contribution is 6.04. The quantitative estimate of drug-likeness (QED) is 0.371. The van der Waals surface area contributed by atoms with Gasteiger partial charge in [-0.2, -0.15) is 5.10 Å². The molecule has 0 saturated carbocycles. The van der Waals surface area contributed by atoms with Crippen LogP contribution in [-0.2, 0) is 11.2 Å². The number of nitro groups is 1. The number of methoxy groups -OCH3 is 1. The summed E-state index contributed by atoms with van der Waals surface area (Å²) in [7, 11) is 3.16. The molecule has 9 nitrogen and oxygen atoms in total. The van der Waals surface area contributed by atoms with Crippen molar-refractivity contribution < 1.29 is 19.2 Å². The van der Waals surface area contributed by atoms with E-state index >= 15 is 0 Å². The molecule has 2 aromatic carbocycles. The number of aromatic nitrogens is 2. The van der Waals surface area contributed by atoms with Crippen molar-refractivity contribution in [1.82, 2.24) is 14.7 Å². The third kappa shape index (κ3) is 4.72. The van der Waals surface area contributed by atoms with E-state index in [1.54, 1.807) is 20.2 Å². The van der Waals surface area contributed by atoms with Gasteiger partial charge < -0.3 is 9.64 Å². The molecule has 3 aromatic rings. The topological polar surface area (TPSA) is 108 Å². The fourth-order valence-corrected chi connectivity index (χ4v) is 4.48. The number of ketones is 1. The smallest absolute Gasteiger partial charge is 0.295 e. The maximum atomic E-state index is 13.2. The van der Waals surface area contributed by atoms with Crippen molar-refractivity contribution in [3.63, 3.8) is 0 Å². The molecule has 0 unspecified atom stereocenters. The van der Waals surface area contributed by atoms with Crippen LogP contribution in [0.15, 0.2) is 48.5 Å². The van der Waals surface area contributed by atoms with Crippen LogP contribution in [0.2, 0.25) is 0 Å². The normalized spacial score (nSPS) is 14.5. The lowest BCUT2D eigenvalue weighted by Crippen LogP contribution is -2.30. The van der Waals surface area contributed by atoms with Crippen LogP contribution in [0, 0.1) is 15.5 Å². The van der Waals surface area contributed by atoms with Crippen LogP contribution < -0.4 is 0 Å². The van der Waals surface area contributed by atoms with E-state index in [0.29, 0.717) is 42.9 Å². The summed E-state index contributed by atoms with van der Waals surface area (Å²) in [6, 6.07) is 13.7. The minimum absolute atomic E-state index is 0.0319. The van der Waals surface area contributed by atoms with Crippen LogP contribution in [0.3, 0.4) is 0 Å². The van der Waals surface area contributed by atoms with Gasteiger partial charge >= 0.3 is 0 Å². The number of rotatable bonds is 7. The first-order valence-corrected chi connectivity index (χ1v) is 11.4. The minimum Gasteiger partial charge on any atom is -0.383 e. The van der Waals surface area contributed by atoms with Crippen LogP contribution in [0.1, 0.15) is 46.7 Å². The van der Waals surface area contributed by atoms with E-state index < -0.39 is 4.92 Å². The third-order valence-electron chi connectivity index (χ3n) is 6.22. The first-order valence-electron chi connectivity index (χ1n) is 11.4. The maximum Gasteiger partial charge on any atom is 0.295 e. The Balaban J connectivity index is 1.88. The Morgan fingerprint density at radius 3 is 2.57 bits per heavy atom. The standard InChI is InChI=1S/C26H28N4O5/c1-26(2)15-21-23(22(31)16-26)24(17-8-6-5-7-9-17)27-29(21)19-11-10-18(14-20(19)30(33)34)25(32)28(3)12-13-35-4/h5-11,14H,12-13,15-16H2,1-4H3. The Bertz CT molecular complexity index is 1300. The summed E-state index contributed by atoms with van der Waals surface area (Å²) in [5, 5.41) is 16.8. The molecule has 0 spiro atoms. The number of benzene rings is 2. The number of nitrogens with zero attached hydrogens (tertiary/aromatic N) is 4. The van der Waals surface area contributed by atoms with Crippen LogP contribution in [0.25, 0.3) is 16.9 Å². The van der Waals surface area contributed by atoms with Gasteiger partial charge in [0.2, 0.25) is 0 Å². The molecule has 0 N–H and O–H groups in total. The number of amides is 1. The summed E-state index contributed by atoms with van der Waals surface area (Å²) >= 11 is 0. The van der Waals surface area contributed by atoms with Crippen molar-refractivity contribution in [2.45, 2.75) is 26.7 Å². The predicted octanol–water partition coefficient (Wildman–Crippen LogP) is 4.32. The lowest BCUT2D eigenvalue weighted by molar-refractivity contribution is -0.384. The van der Waals surface area contributed by atoms with Crippen molar-refractivity contribution in [3.8, 4) is 16.9 Å². The molecule has 0 aliphatic heterocycles. The van der Waals surface area contributed by atoms with Crippen LogP contribution in [0.5, 0.6) is 0 Å². The SMILES string of the molecule is COCCN(C)C(=O)c1ccc(-n2nc(-c3ccccc3)c3c2CC(C)(C)CC3=O)c([N+](=O)[O-])c1. The second-order valence-electron chi connectivity index (χ2n) is 9.57. The van der Waals surface area contributed by atoms with Gasteiger partial charge in [-0.05, 0) is 24.0 Å². The molecule has 0 saturated heterocycles. The average molecular weight is 477 g/mol. The van der Waals surface area contributed by atoms with Gasteiger partial charge in [-0.15, -0.1) is 0 Å². The monoisotopic (exact) mass is 476 g/mol. The Morgan fingerprint density at radius 1 is 1.20 bits per heavy atom. The van der Waals surface area contributed by atoms with E-state index in [9.17, 15) is 19.7 Å². The molecule has 4 rings (SSSR count). The molecule has 0 radical (unpaired) electrons. The van der Waals surface area contributed by atoms with Crippen molar-refractivity contribution in [1.29, 1.82) is 0 Å². The number of likely N-dealkylation sites (N-methyl/N-ethyl adjacent to an activating group) is 1. The molecule has 0 atom stereocenters. The Hall–Kier alpha value is -3.85. The zero-order valence-corrected chi connectivity index (χ0v) is 20.3. The Morgan fingerprint density at radius 2 is 1.91 bits per heavy atom. The zero-order valence-electron chi connectivity index (χ0n) is 20.3. The number of ether oxygens (including phenoxy) is 1. The van der Waals surface area contributed by atoms with E-state index in [-0.39, 0.29) is 34.0 Å². The molecule has 9 heteroatoms. The summed E-state index contributed by atoms with van der Waals surface area (Å²) < 4.78 is 6.52. The number of hydrogen-bond donors (Lipinski definition) is 0. The molecule has 1 heterocycles. The van der Waals surface area contributed by atoms with Gasteiger partial charge in [0, 0.05) is 44.3 Å². The van der Waals surface area contributed by atoms with Gasteiger partial charge in [0.25, 0.3) is 11.6 Å². The summed E-state index contributed by atoms with van der Waals surface area (Å²) in [6.45, 7) is 4.71. The lowest BCUT2D eigenvalue weighted by atomic mass is 9.75. The largest absolute Gasteiger partial charge is 0.383 e. The summed E-state index contributed by atoms with van der Waals surface area (Å²) in [5.74, 6) is -0.379. The highest BCUT2D eigenvalue weighted by Gasteiger charge is 2.38. The van der Waals surface area contributed by atoms with E-state index in [4.69, 9.17) is 9.84 Å². The number of Topliss-reactive ketones (excluding diaryl/α,β-unsaturated/α-hetero) is 1. The third-order valence-corrected chi connectivity index (χ3v) is 6.22. The van der Waals surface area contributed by atoms with Crippen LogP contribution >= 0.6 is 0 Å². The molecule has 35 heavy (non-hydrogen) atoms. The summed E-state index contributed by atoms with van der Waals surface area (Å²) in [4.78, 5) is 39.1. The maximum absolute atomic E-state index is 13.2. The molecule has 1 aliphatic rings. The van der Waals surface area contributed by atoms with Gasteiger partial charge in [-0.1, -0.05) is 44.2 Å². The fraction of sp³-hybridized carbons (Fsp3) is 0.346. The van der Waals surface area contributed by atoms with E-state index in [1.165, 1.54) is 21.7 Å². The lowest BCUT2D eigenvalue weighted by Gasteiger charge is -2.29. The Labute approximate surface area is 203 Å². The molecule has 182 valence electrons. The molecule has 0 fully saturated rings. The summed E-state index contributed by atoms with van der Waals surface area (Å²) in [6.07, 6.45) is 0.903. The average Bonchev–Trinajstić information content (AvgIpc) is 3.20. The molecule has 0 bridgehead atoms.